The van der Waals surface area contributed by atoms with Gasteiger partial charge in [-0.3, -0.25) is 9.36 Å². The van der Waals surface area contributed by atoms with Gasteiger partial charge in [0.1, 0.15) is 17.6 Å². The molecular weight excluding hydrogens is 491 g/mol. The minimum absolute atomic E-state index is 0.160. The van der Waals surface area contributed by atoms with Crippen molar-refractivity contribution in [3.63, 3.8) is 0 Å². The predicted molar refractivity (Wildman–Crippen MR) is 142 cm³/mol. The summed E-state index contributed by atoms with van der Waals surface area (Å²) in [5.41, 5.74) is 0.406. The summed E-state index contributed by atoms with van der Waals surface area (Å²) in [6.45, 7) is 5.64. The van der Waals surface area contributed by atoms with Crippen LogP contribution in [0.15, 0.2) is 47.4 Å². The zero-order chi connectivity index (χ0) is 26.2. The fraction of sp³-hybridized carbons (Fsp3) is 0.593. The Balaban J connectivity index is 1.31. The van der Waals surface area contributed by atoms with Crippen LogP contribution in [-0.2, 0) is 24.2 Å². The van der Waals surface area contributed by atoms with Crippen molar-refractivity contribution in [3.8, 4) is 0 Å². The van der Waals surface area contributed by atoms with Gasteiger partial charge in [0.2, 0.25) is 5.91 Å². The number of carbonyl (C=O) groups excluding carboxylic acids is 1. The molecule has 0 radical (unpaired) electrons. The van der Waals surface area contributed by atoms with Crippen molar-refractivity contribution in [1.82, 2.24) is 14.2 Å². The van der Waals surface area contributed by atoms with Crippen molar-refractivity contribution >= 4 is 20.3 Å². The van der Waals surface area contributed by atoms with Crippen LogP contribution >= 0.6 is 8.53 Å². The minimum Gasteiger partial charge on any atom is -0.352 e. The third-order valence-electron chi connectivity index (χ3n) is 7.75. The molecule has 6 atom stereocenters. The molecule has 1 aliphatic carbocycles. The van der Waals surface area contributed by atoms with Crippen LogP contribution in [-0.4, -0.2) is 45.4 Å². The van der Waals surface area contributed by atoms with Gasteiger partial charge in [-0.1, -0.05) is 63.9 Å². The fourth-order valence-electron chi connectivity index (χ4n) is 5.68. The zero-order valence-electron chi connectivity index (χ0n) is 22.0. The van der Waals surface area contributed by atoms with E-state index in [-0.39, 0.29) is 41.5 Å². The van der Waals surface area contributed by atoms with Gasteiger partial charge in [0.25, 0.3) is 8.53 Å². The molecule has 1 N–H and O–H groups in total. The van der Waals surface area contributed by atoms with Crippen LogP contribution in [0.1, 0.15) is 71.1 Å². The van der Waals surface area contributed by atoms with Crippen LogP contribution in [0.5, 0.6) is 0 Å². The van der Waals surface area contributed by atoms with Crippen LogP contribution in [0, 0.1) is 5.92 Å². The molecule has 2 aromatic rings. The highest BCUT2D eigenvalue weighted by atomic mass is 31.2. The molecule has 3 aliphatic rings. The molecule has 1 aromatic carbocycles. The van der Waals surface area contributed by atoms with E-state index in [4.69, 9.17) is 13.8 Å². The van der Waals surface area contributed by atoms with Gasteiger partial charge in [0.05, 0.1) is 18.2 Å². The normalized spacial score (nSPS) is 32.0. The molecule has 0 bridgehead atoms. The second-order valence-electron chi connectivity index (χ2n) is 10.5. The van der Waals surface area contributed by atoms with E-state index in [1.165, 1.54) is 16.6 Å². The highest BCUT2D eigenvalue weighted by Crippen LogP contribution is 2.64. The van der Waals surface area contributed by atoms with E-state index in [0.29, 0.717) is 6.42 Å². The van der Waals surface area contributed by atoms with Crippen LogP contribution in [0.2, 0.25) is 0 Å². The first kappa shape index (κ1) is 26.4. The number of hydrogen-bond donors (Lipinski definition) is 1. The number of benzene rings is 1. The average molecular weight is 529 g/mol. The zero-order valence-corrected chi connectivity index (χ0v) is 22.9. The number of anilines is 1. The summed E-state index contributed by atoms with van der Waals surface area (Å²) in [5, 5.41) is 2.67. The molecule has 5 rings (SSSR count). The summed E-state index contributed by atoms with van der Waals surface area (Å²) < 4.78 is 23.6. The van der Waals surface area contributed by atoms with Crippen molar-refractivity contribution in [3.05, 3.63) is 58.6 Å². The molecule has 1 unspecified atom stereocenters. The smallest absolute Gasteiger partial charge is 0.351 e. The summed E-state index contributed by atoms with van der Waals surface area (Å²) in [5.74, 6) is -0.137. The number of rotatable bonds is 7. The summed E-state index contributed by atoms with van der Waals surface area (Å²) in [4.78, 5) is 28.8. The van der Waals surface area contributed by atoms with Gasteiger partial charge >= 0.3 is 5.69 Å². The highest BCUT2D eigenvalue weighted by molar-refractivity contribution is 7.44. The van der Waals surface area contributed by atoms with Crippen LogP contribution in [0.25, 0.3) is 0 Å². The van der Waals surface area contributed by atoms with Gasteiger partial charge in [0, 0.05) is 18.5 Å². The Morgan fingerprint density at radius 1 is 1.27 bits per heavy atom. The Labute approximate surface area is 219 Å². The number of aromatic nitrogens is 2. The lowest BCUT2D eigenvalue weighted by Crippen LogP contribution is -2.44. The topological polar surface area (TPSA) is 94.9 Å². The van der Waals surface area contributed by atoms with E-state index in [2.05, 4.69) is 53.2 Å². The Morgan fingerprint density at radius 3 is 2.76 bits per heavy atom. The number of ether oxygens (including phenoxy) is 1. The first-order chi connectivity index (χ1) is 17.8. The number of amides is 1. The van der Waals surface area contributed by atoms with E-state index >= 15 is 0 Å². The average Bonchev–Trinajstić information content (AvgIpc) is 3.43. The summed E-state index contributed by atoms with van der Waals surface area (Å²) in [6, 6.07) is 12.4. The number of likely N-dealkylation sites (N-methyl/N-ethyl adjacent to an activating group) is 1. The molecule has 10 heteroatoms. The summed E-state index contributed by atoms with van der Waals surface area (Å²) in [7, 11) is 0.824. The standard InChI is InChI=1S/C27H37N4O5P/c1-5-20-21(17-24(34-20)31-16-14-23(29-26(31)33)28-25(32)18(2)3)35-37-30(4)22-13-9-10-15-27(22,36-37)19-11-7-6-8-12-19/h6-8,11-12,14,16,18,20-22,24H,5,9-10,13,15,17H2,1-4H3,(H,28,29,32,33)/t20-,21?,22+,24-,27+,37+/m1/s1. The molecule has 1 amide bonds. The predicted octanol–water partition coefficient (Wildman–Crippen LogP) is 4.95. The Kier molecular flexibility index (Phi) is 7.80. The molecule has 2 aliphatic heterocycles. The van der Waals surface area contributed by atoms with Crippen molar-refractivity contribution in [2.75, 3.05) is 12.4 Å². The lowest BCUT2D eigenvalue weighted by Gasteiger charge is -2.38. The van der Waals surface area contributed by atoms with E-state index in [1.807, 2.05) is 6.07 Å². The second-order valence-corrected chi connectivity index (χ2v) is 12.0. The van der Waals surface area contributed by atoms with Crippen LogP contribution in [0.4, 0.5) is 5.82 Å². The third-order valence-corrected chi connectivity index (χ3v) is 9.48. The molecule has 37 heavy (non-hydrogen) atoms. The number of carbonyl (C=O) groups is 1. The molecule has 2 saturated heterocycles. The Morgan fingerprint density at radius 2 is 2.05 bits per heavy atom. The maximum atomic E-state index is 12.8. The van der Waals surface area contributed by atoms with E-state index in [1.54, 1.807) is 26.1 Å². The first-order valence-corrected chi connectivity index (χ1v) is 14.4. The molecule has 3 fully saturated rings. The van der Waals surface area contributed by atoms with Crippen molar-refractivity contribution < 1.29 is 18.6 Å². The number of fused-ring (bicyclic) bond motifs is 1. The van der Waals surface area contributed by atoms with E-state index in [0.717, 1.165) is 25.7 Å². The van der Waals surface area contributed by atoms with Gasteiger partial charge in [0.15, 0.2) is 0 Å². The molecule has 1 saturated carbocycles. The Hall–Kier alpha value is -2.16. The van der Waals surface area contributed by atoms with Crippen molar-refractivity contribution in [1.29, 1.82) is 0 Å². The molecule has 0 spiro atoms. The monoisotopic (exact) mass is 528 g/mol. The molecule has 3 heterocycles. The second kappa shape index (κ2) is 10.9. The van der Waals surface area contributed by atoms with Gasteiger partial charge in [-0.05, 0) is 37.9 Å². The molecule has 1 aromatic heterocycles. The van der Waals surface area contributed by atoms with Gasteiger partial charge in [-0.15, -0.1) is 0 Å². The van der Waals surface area contributed by atoms with Crippen molar-refractivity contribution in [2.45, 2.75) is 89.4 Å². The lowest BCUT2D eigenvalue weighted by atomic mass is 9.76. The number of nitrogens with one attached hydrogen (secondary N) is 1. The van der Waals surface area contributed by atoms with E-state index in [9.17, 15) is 9.59 Å². The van der Waals surface area contributed by atoms with Crippen LogP contribution in [0.3, 0.4) is 0 Å². The number of hydrogen-bond acceptors (Lipinski definition) is 7. The van der Waals surface area contributed by atoms with Gasteiger partial charge in [-0.25, -0.2) is 9.46 Å². The van der Waals surface area contributed by atoms with Gasteiger partial charge < -0.3 is 19.1 Å². The molecular formula is C27H37N4O5P. The molecule has 9 nitrogen and oxygen atoms in total. The van der Waals surface area contributed by atoms with Crippen LogP contribution < -0.4 is 11.0 Å². The first-order valence-electron chi connectivity index (χ1n) is 13.3. The maximum Gasteiger partial charge on any atom is 0.351 e. The fourth-order valence-corrected chi connectivity index (χ4v) is 7.58. The SMILES string of the molecule is CC[C@H]1O[C@@H](n2ccc(NC(=O)C(C)C)nc2=O)CC1O[P@@]1O[C@]2(c3ccccc3)CCCC[C@@H]2N1C. The minimum atomic E-state index is -1.29. The largest absolute Gasteiger partial charge is 0.352 e. The van der Waals surface area contributed by atoms with Crippen molar-refractivity contribution in [2.24, 2.45) is 5.92 Å². The summed E-state index contributed by atoms with van der Waals surface area (Å²) in [6.07, 6.45) is 6.44. The lowest BCUT2D eigenvalue weighted by molar-refractivity contribution is -0.118. The third kappa shape index (κ3) is 5.12. The highest BCUT2D eigenvalue weighted by Gasteiger charge is 2.56. The van der Waals surface area contributed by atoms with E-state index < -0.39 is 20.4 Å². The maximum absolute atomic E-state index is 12.8. The van der Waals surface area contributed by atoms with Gasteiger partial charge in [-0.2, -0.15) is 4.98 Å². The molecule has 200 valence electrons. The summed E-state index contributed by atoms with van der Waals surface area (Å²) >= 11 is 0. The quantitative estimate of drug-likeness (QED) is 0.508. The Bertz CT molecular complexity index is 1160. The number of nitrogens with zero attached hydrogens (tertiary/aromatic N) is 3.